The highest BCUT2D eigenvalue weighted by atomic mass is 16.6. The standard InChI is InChI=1S/C11H17NO5/c1-11(2,3)17-10(16)12(9(14)15)8-4-7(5-8)6-13/h6-8H,4-5H2,1-3H3,(H,14,15). The molecule has 1 rings (SSSR count). The van der Waals surface area contributed by atoms with Crippen molar-refractivity contribution in [2.45, 2.75) is 45.3 Å². The fraction of sp³-hybridized carbons (Fsp3) is 0.727. The SMILES string of the molecule is CC(C)(C)OC(=O)N(C(=O)O)C1CC(C=O)C1. The molecule has 0 aliphatic heterocycles. The van der Waals surface area contributed by atoms with Crippen molar-refractivity contribution in [2.75, 3.05) is 0 Å². The Hall–Kier alpha value is -1.59. The number of imide groups is 1. The van der Waals surface area contributed by atoms with Crippen LogP contribution in [0.15, 0.2) is 0 Å². The maximum absolute atomic E-state index is 11.7. The fourth-order valence-corrected chi connectivity index (χ4v) is 1.65. The number of rotatable bonds is 2. The van der Waals surface area contributed by atoms with Crippen LogP contribution in [0.5, 0.6) is 0 Å². The molecule has 0 aromatic carbocycles. The summed E-state index contributed by atoms with van der Waals surface area (Å²) in [6.45, 7) is 5.00. The summed E-state index contributed by atoms with van der Waals surface area (Å²) >= 11 is 0. The third-order valence-corrected chi connectivity index (χ3v) is 2.50. The first-order valence-corrected chi connectivity index (χ1v) is 5.45. The van der Waals surface area contributed by atoms with Gasteiger partial charge in [-0.1, -0.05) is 0 Å². The number of carbonyl (C=O) groups is 3. The van der Waals surface area contributed by atoms with Gasteiger partial charge in [-0.3, -0.25) is 0 Å². The molecule has 0 heterocycles. The van der Waals surface area contributed by atoms with Crippen LogP contribution in [-0.2, 0) is 9.53 Å². The molecule has 0 atom stereocenters. The second kappa shape index (κ2) is 4.73. The summed E-state index contributed by atoms with van der Waals surface area (Å²) in [4.78, 5) is 33.8. The van der Waals surface area contributed by atoms with E-state index in [1.54, 1.807) is 20.8 Å². The van der Waals surface area contributed by atoms with E-state index in [0.29, 0.717) is 17.7 Å². The number of aldehydes is 1. The smallest absolute Gasteiger partial charge is 0.420 e. The van der Waals surface area contributed by atoms with Gasteiger partial charge < -0.3 is 14.6 Å². The molecule has 0 aromatic heterocycles. The first-order valence-electron chi connectivity index (χ1n) is 5.45. The van der Waals surface area contributed by atoms with Crippen molar-refractivity contribution in [3.05, 3.63) is 0 Å². The van der Waals surface area contributed by atoms with E-state index in [2.05, 4.69) is 0 Å². The number of hydrogen-bond donors (Lipinski definition) is 1. The lowest BCUT2D eigenvalue weighted by atomic mass is 9.80. The van der Waals surface area contributed by atoms with Gasteiger partial charge in [0.25, 0.3) is 0 Å². The number of amides is 2. The van der Waals surface area contributed by atoms with E-state index in [0.717, 1.165) is 6.29 Å². The van der Waals surface area contributed by atoms with Crippen LogP contribution in [0.25, 0.3) is 0 Å². The molecule has 17 heavy (non-hydrogen) atoms. The number of ether oxygens (including phenoxy) is 1. The van der Waals surface area contributed by atoms with Gasteiger partial charge in [0.1, 0.15) is 11.9 Å². The van der Waals surface area contributed by atoms with Gasteiger partial charge in [-0.05, 0) is 33.6 Å². The molecule has 0 saturated heterocycles. The average Bonchev–Trinajstić information content (AvgIpc) is 2.05. The second-order valence-corrected chi connectivity index (χ2v) is 5.15. The Morgan fingerprint density at radius 2 is 1.88 bits per heavy atom. The molecular weight excluding hydrogens is 226 g/mol. The van der Waals surface area contributed by atoms with Crippen molar-refractivity contribution in [1.82, 2.24) is 4.90 Å². The van der Waals surface area contributed by atoms with Crippen LogP contribution < -0.4 is 0 Å². The number of carboxylic acid groups (broad SMARTS) is 1. The third-order valence-electron chi connectivity index (χ3n) is 2.50. The predicted octanol–water partition coefficient (Wildman–Crippen LogP) is 1.88. The van der Waals surface area contributed by atoms with Crippen molar-refractivity contribution in [2.24, 2.45) is 5.92 Å². The molecule has 1 N–H and O–H groups in total. The van der Waals surface area contributed by atoms with E-state index >= 15 is 0 Å². The monoisotopic (exact) mass is 243 g/mol. The van der Waals surface area contributed by atoms with Crippen LogP contribution >= 0.6 is 0 Å². The van der Waals surface area contributed by atoms with Crippen LogP contribution in [0, 0.1) is 5.92 Å². The fourth-order valence-electron chi connectivity index (χ4n) is 1.65. The van der Waals surface area contributed by atoms with Crippen LogP contribution in [0.2, 0.25) is 0 Å². The topological polar surface area (TPSA) is 83.9 Å². The maximum atomic E-state index is 11.7. The van der Waals surface area contributed by atoms with Crippen molar-refractivity contribution in [1.29, 1.82) is 0 Å². The maximum Gasteiger partial charge on any atom is 0.420 e. The average molecular weight is 243 g/mol. The Kier molecular flexibility index (Phi) is 3.75. The van der Waals surface area contributed by atoms with Gasteiger partial charge in [0.2, 0.25) is 0 Å². The first-order chi connectivity index (χ1) is 7.74. The molecule has 1 aliphatic carbocycles. The lowest BCUT2D eigenvalue weighted by Crippen LogP contribution is -2.52. The molecule has 1 aliphatic rings. The minimum atomic E-state index is -1.34. The predicted molar refractivity (Wildman–Crippen MR) is 58.7 cm³/mol. The summed E-state index contributed by atoms with van der Waals surface area (Å²) in [6, 6.07) is -0.447. The van der Waals surface area contributed by atoms with Crippen molar-refractivity contribution < 1.29 is 24.2 Å². The van der Waals surface area contributed by atoms with E-state index in [1.165, 1.54) is 0 Å². The zero-order valence-electron chi connectivity index (χ0n) is 10.2. The molecule has 1 saturated carbocycles. The summed E-state index contributed by atoms with van der Waals surface area (Å²) in [6.07, 6.45) is -0.664. The Balaban J connectivity index is 2.64. The van der Waals surface area contributed by atoms with Gasteiger partial charge in [-0.2, -0.15) is 0 Å². The van der Waals surface area contributed by atoms with Crippen LogP contribution in [0.1, 0.15) is 33.6 Å². The lowest BCUT2D eigenvalue weighted by molar-refractivity contribution is -0.115. The minimum absolute atomic E-state index is 0.149. The number of nitrogens with zero attached hydrogens (tertiary/aromatic N) is 1. The van der Waals surface area contributed by atoms with E-state index in [-0.39, 0.29) is 5.92 Å². The molecule has 0 unspecified atom stereocenters. The van der Waals surface area contributed by atoms with Gasteiger partial charge in [0.05, 0.1) is 0 Å². The zero-order chi connectivity index (χ0) is 13.2. The van der Waals surface area contributed by atoms with E-state index in [4.69, 9.17) is 9.84 Å². The molecule has 0 bridgehead atoms. The zero-order valence-corrected chi connectivity index (χ0v) is 10.2. The summed E-state index contributed by atoms with van der Waals surface area (Å²) in [5.74, 6) is -0.149. The van der Waals surface area contributed by atoms with Crippen LogP contribution in [0.3, 0.4) is 0 Å². The molecule has 0 spiro atoms. The summed E-state index contributed by atoms with van der Waals surface area (Å²) in [5, 5.41) is 8.97. The molecule has 0 aromatic rings. The Morgan fingerprint density at radius 3 is 2.24 bits per heavy atom. The molecule has 0 radical (unpaired) electrons. The lowest BCUT2D eigenvalue weighted by Gasteiger charge is -2.38. The Bertz CT molecular complexity index is 327. The second-order valence-electron chi connectivity index (χ2n) is 5.15. The van der Waals surface area contributed by atoms with Crippen LogP contribution in [0.4, 0.5) is 9.59 Å². The van der Waals surface area contributed by atoms with Crippen molar-refractivity contribution in [3.8, 4) is 0 Å². The van der Waals surface area contributed by atoms with Crippen molar-refractivity contribution in [3.63, 3.8) is 0 Å². The summed E-state index contributed by atoms with van der Waals surface area (Å²) in [5.41, 5.74) is -0.738. The van der Waals surface area contributed by atoms with Gasteiger partial charge >= 0.3 is 12.2 Å². The summed E-state index contributed by atoms with van der Waals surface area (Å²) in [7, 11) is 0. The Morgan fingerprint density at radius 1 is 1.35 bits per heavy atom. The minimum Gasteiger partial charge on any atom is -0.465 e. The third kappa shape index (κ3) is 3.44. The largest absolute Gasteiger partial charge is 0.465 e. The van der Waals surface area contributed by atoms with Crippen molar-refractivity contribution >= 4 is 18.5 Å². The molecule has 6 heteroatoms. The normalized spacial score (nSPS) is 23.5. The summed E-state index contributed by atoms with van der Waals surface area (Å²) < 4.78 is 5.00. The van der Waals surface area contributed by atoms with Gasteiger partial charge in [-0.25, -0.2) is 14.5 Å². The van der Waals surface area contributed by atoms with Crippen LogP contribution in [-0.4, -0.2) is 40.1 Å². The van der Waals surface area contributed by atoms with E-state index in [1.807, 2.05) is 0 Å². The van der Waals surface area contributed by atoms with Gasteiger partial charge in [-0.15, -0.1) is 0 Å². The highest BCUT2D eigenvalue weighted by Gasteiger charge is 2.41. The molecule has 1 fully saturated rings. The van der Waals surface area contributed by atoms with E-state index < -0.39 is 23.8 Å². The first kappa shape index (κ1) is 13.5. The highest BCUT2D eigenvalue weighted by Crippen LogP contribution is 2.31. The molecular formula is C11H17NO5. The molecule has 6 nitrogen and oxygen atoms in total. The quantitative estimate of drug-likeness (QED) is 0.748. The number of hydrogen-bond acceptors (Lipinski definition) is 4. The highest BCUT2D eigenvalue weighted by molar-refractivity contribution is 5.87. The molecule has 96 valence electrons. The number of carbonyl (C=O) groups excluding carboxylic acids is 2. The van der Waals surface area contributed by atoms with Gasteiger partial charge in [0.15, 0.2) is 0 Å². The van der Waals surface area contributed by atoms with E-state index in [9.17, 15) is 14.4 Å². The van der Waals surface area contributed by atoms with Gasteiger partial charge in [0, 0.05) is 12.0 Å². The molecule has 2 amide bonds. The Labute approximate surface area is 99.5 Å².